The van der Waals surface area contributed by atoms with Gasteiger partial charge in [-0.3, -0.25) is 9.00 Å². The molecule has 0 aliphatic heterocycles. The zero-order valence-electron chi connectivity index (χ0n) is 9.94. The molecule has 0 fully saturated rings. The fourth-order valence-corrected chi connectivity index (χ4v) is 2.47. The van der Waals surface area contributed by atoms with Gasteiger partial charge in [-0.2, -0.15) is 0 Å². The second-order valence-electron chi connectivity index (χ2n) is 3.71. The standard InChI is InChI=1S/C12H16O3S/c1-8-5-6-11(7-9(8)2)16(14)10(3)12(13)15-4/h5-7,10H,1-4H3. The lowest BCUT2D eigenvalue weighted by Crippen LogP contribution is -2.23. The van der Waals surface area contributed by atoms with Crippen LogP contribution in [0, 0.1) is 13.8 Å². The molecule has 0 heterocycles. The van der Waals surface area contributed by atoms with Crippen LogP contribution < -0.4 is 0 Å². The van der Waals surface area contributed by atoms with Crippen LogP contribution >= 0.6 is 0 Å². The maximum atomic E-state index is 12.0. The van der Waals surface area contributed by atoms with Gasteiger partial charge in [-0.1, -0.05) is 6.07 Å². The smallest absolute Gasteiger partial charge is 0.321 e. The molecule has 0 N–H and O–H groups in total. The van der Waals surface area contributed by atoms with Crippen molar-refractivity contribution in [2.45, 2.75) is 30.9 Å². The van der Waals surface area contributed by atoms with Crippen molar-refractivity contribution in [3.8, 4) is 0 Å². The summed E-state index contributed by atoms with van der Waals surface area (Å²) in [7, 11) is -0.0492. The Kier molecular flexibility index (Phi) is 4.24. The van der Waals surface area contributed by atoms with Crippen molar-refractivity contribution in [1.29, 1.82) is 0 Å². The van der Waals surface area contributed by atoms with E-state index in [1.807, 2.05) is 26.0 Å². The molecular formula is C12H16O3S. The van der Waals surface area contributed by atoms with E-state index in [1.54, 1.807) is 13.0 Å². The van der Waals surface area contributed by atoms with Crippen molar-refractivity contribution >= 4 is 16.8 Å². The van der Waals surface area contributed by atoms with Crippen LogP contribution in [0.5, 0.6) is 0 Å². The fourth-order valence-electron chi connectivity index (χ4n) is 1.30. The zero-order valence-corrected chi connectivity index (χ0v) is 10.8. The number of hydrogen-bond donors (Lipinski definition) is 0. The summed E-state index contributed by atoms with van der Waals surface area (Å²) in [5.74, 6) is -0.448. The first kappa shape index (κ1) is 12.9. The van der Waals surface area contributed by atoms with Crippen LogP contribution in [0.15, 0.2) is 23.1 Å². The number of carbonyl (C=O) groups is 1. The third kappa shape index (κ3) is 2.70. The van der Waals surface area contributed by atoms with Gasteiger partial charge in [-0.25, -0.2) is 0 Å². The summed E-state index contributed by atoms with van der Waals surface area (Å²) < 4.78 is 16.6. The molecule has 1 aromatic rings. The van der Waals surface area contributed by atoms with Gasteiger partial charge in [-0.15, -0.1) is 0 Å². The SMILES string of the molecule is COC(=O)C(C)S(=O)c1ccc(C)c(C)c1. The molecule has 0 bridgehead atoms. The molecule has 2 atom stereocenters. The average Bonchev–Trinajstić information content (AvgIpc) is 2.29. The topological polar surface area (TPSA) is 43.4 Å². The van der Waals surface area contributed by atoms with Crippen LogP contribution in [0.4, 0.5) is 0 Å². The molecule has 0 radical (unpaired) electrons. The highest BCUT2D eigenvalue weighted by molar-refractivity contribution is 7.86. The van der Waals surface area contributed by atoms with Gasteiger partial charge < -0.3 is 4.74 Å². The number of hydrogen-bond acceptors (Lipinski definition) is 3. The fraction of sp³-hybridized carbons (Fsp3) is 0.417. The van der Waals surface area contributed by atoms with Crippen molar-refractivity contribution < 1.29 is 13.7 Å². The summed E-state index contributed by atoms with van der Waals surface area (Å²) in [6.07, 6.45) is 0. The van der Waals surface area contributed by atoms with Crippen molar-refractivity contribution in [1.82, 2.24) is 0 Å². The lowest BCUT2D eigenvalue weighted by molar-refractivity contribution is -0.139. The predicted molar refractivity (Wildman–Crippen MR) is 63.8 cm³/mol. The van der Waals surface area contributed by atoms with E-state index >= 15 is 0 Å². The first-order chi connectivity index (χ1) is 7.47. The Morgan fingerprint density at radius 3 is 2.44 bits per heavy atom. The van der Waals surface area contributed by atoms with Gasteiger partial charge in [0.15, 0.2) is 0 Å². The number of esters is 1. The molecule has 0 saturated heterocycles. The second-order valence-corrected chi connectivity index (χ2v) is 5.48. The van der Waals surface area contributed by atoms with Gasteiger partial charge in [0.1, 0.15) is 5.25 Å². The van der Waals surface area contributed by atoms with Gasteiger partial charge in [0.25, 0.3) is 0 Å². The van der Waals surface area contributed by atoms with Crippen LogP contribution in [0.1, 0.15) is 18.1 Å². The largest absolute Gasteiger partial charge is 0.468 e. The van der Waals surface area contributed by atoms with Gasteiger partial charge in [0.05, 0.1) is 17.9 Å². The number of carbonyl (C=O) groups excluding carboxylic acids is 1. The number of rotatable bonds is 3. The summed E-state index contributed by atoms with van der Waals surface area (Å²) in [5.41, 5.74) is 2.22. The lowest BCUT2D eigenvalue weighted by atomic mass is 10.1. The summed E-state index contributed by atoms with van der Waals surface area (Å²) in [5, 5.41) is -0.632. The van der Waals surface area contributed by atoms with Gasteiger partial charge in [0, 0.05) is 4.90 Å². The molecule has 88 valence electrons. The maximum absolute atomic E-state index is 12.0. The Morgan fingerprint density at radius 2 is 1.94 bits per heavy atom. The average molecular weight is 240 g/mol. The highest BCUT2D eigenvalue weighted by Gasteiger charge is 2.22. The highest BCUT2D eigenvalue weighted by Crippen LogP contribution is 2.16. The first-order valence-electron chi connectivity index (χ1n) is 5.03. The van der Waals surface area contributed by atoms with E-state index in [0.29, 0.717) is 4.90 Å². The van der Waals surface area contributed by atoms with Gasteiger partial charge in [0.2, 0.25) is 0 Å². The molecule has 1 aromatic carbocycles. The number of methoxy groups -OCH3 is 1. The lowest BCUT2D eigenvalue weighted by Gasteiger charge is -2.10. The molecule has 0 amide bonds. The van der Waals surface area contributed by atoms with E-state index in [9.17, 15) is 9.00 Å². The molecule has 1 rings (SSSR count). The molecule has 16 heavy (non-hydrogen) atoms. The van der Waals surface area contributed by atoms with Crippen molar-refractivity contribution in [3.05, 3.63) is 29.3 Å². The van der Waals surface area contributed by atoms with Crippen molar-refractivity contribution in [2.24, 2.45) is 0 Å². The van der Waals surface area contributed by atoms with Crippen molar-refractivity contribution in [2.75, 3.05) is 7.11 Å². The number of ether oxygens (including phenoxy) is 1. The summed E-state index contributed by atoms with van der Waals surface area (Å²) >= 11 is 0. The van der Waals surface area contributed by atoms with Crippen LogP contribution in [0.25, 0.3) is 0 Å². The number of benzene rings is 1. The minimum absolute atomic E-state index is 0.448. The maximum Gasteiger partial charge on any atom is 0.321 e. The summed E-state index contributed by atoms with van der Waals surface area (Å²) in [6, 6.07) is 5.55. The second kappa shape index (κ2) is 5.25. The van der Waals surface area contributed by atoms with E-state index in [-0.39, 0.29) is 0 Å². The van der Waals surface area contributed by atoms with Crippen LogP contribution in [-0.4, -0.2) is 22.5 Å². The molecule has 0 saturated carbocycles. The van der Waals surface area contributed by atoms with Crippen molar-refractivity contribution in [3.63, 3.8) is 0 Å². The predicted octanol–water partition coefficient (Wildman–Crippen LogP) is 1.97. The Morgan fingerprint density at radius 1 is 1.31 bits per heavy atom. The molecule has 0 aliphatic rings. The van der Waals surface area contributed by atoms with Crippen LogP contribution in [0.3, 0.4) is 0 Å². The van der Waals surface area contributed by atoms with E-state index in [0.717, 1.165) is 11.1 Å². The Bertz CT molecular complexity index is 426. The van der Waals surface area contributed by atoms with E-state index in [1.165, 1.54) is 7.11 Å². The molecule has 0 aromatic heterocycles. The van der Waals surface area contributed by atoms with E-state index < -0.39 is 22.0 Å². The Balaban J connectivity index is 2.97. The monoisotopic (exact) mass is 240 g/mol. The quantitative estimate of drug-likeness (QED) is 0.759. The Hall–Kier alpha value is -1.16. The highest BCUT2D eigenvalue weighted by atomic mass is 32.2. The molecular weight excluding hydrogens is 224 g/mol. The normalized spacial score (nSPS) is 14.2. The number of aryl methyl sites for hydroxylation is 2. The molecule has 0 aliphatic carbocycles. The third-order valence-corrected chi connectivity index (χ3v) is 4.12. The molecule has 0 spiro atoms. The summed E-state index contributed by atoms with van der Waals surface area (Å²) in [4.78, 5) is 11.9. The van der Waals surface area contributed by atoms with Crippen LogP contribution in [-0.2, 0) is 20.3 Å². The zero-order chi connectivity index (χ0) is 12.3. The molecule has 2 unspecified atom stereocenters. The minimum atomic E-state index is -1.35. The Labute approximate surface area is 98.3 Å². The van der Waals surface area contributed by atoms with E-state index in [4.69, 9.17) is 0 Å². The third-order valence-electron chi connectivity index (χ3n) is 2.56. The minimum Gasteiger partial charge on any atom is -0.468 e. The first-order valence-corrected chi connectivity index (χ1v) is 6.24. The van der Waals surface area contributed by atoms with E-state index in [2.05, 4.69) is 4.74 Å². The van der Waals surface area contributed by atoms with Gasteiger partial charge in [-0.05, 0) is 44.0 Å². The molecule has 3 nitrogen and oxygen atoms in total. The van der Waals surface area contributed by atoms with Gasteiger partial charge >= 0.3 is 5.97 Å². The van der Waals surface area contributed by atoms with Crippen LogP contribution in [0.2, 0.25) is 0 Å². The summed E-state index contributed by atoms with van der Waals surface area (Å²) in [6.45, 7) is 5.56. The molecule has 4 heteroatoms.